The molecule has 0 radical (unpaired) electrons. The largest absolute Gasteiger partial charge is 0.507 e. The molecule has 2 aliphatic carbocycles. The van der Waals surface area contributed by atoms with E-state index >= 15 is 0 Å². The second kappa shape index (κ2) is 12.5. The Morgan fingerprint density at radius 3 is 2.55 bits per heavy atom. The lowest BCUT2D eigenvalue weighted by Gasteiger charge is -2.45. The lowest BCUT2D eigenvalue weighted by molar-refractivity contribution is -0.136. The molecule has 2 aromatic carbocycles. The highest BCUT2D eigenvalue weighted by molar-refractivity contribution is 6.23. The molecule has 2 bridgehead atoms. The van der Waals surface area contributed by atoms with E-state index in [-0.39, 0.29) is 24.5 Å². The number of phenols is 1. The number of hydrogen-bond acceptors (Lipinski definition) is 12. The Bertz CT molecular complexity index is 2220. The Balaban J connectivity index is 0.661. The Morgan fingerprint density at radius 1 is 0.893 bits per heavy atom. The maximum absolute atomic E-state index is 13.3. The highest BCUT2D eigenvalue weighted by atomic mass is 16.3. The van der Waals surface area contributed by atoms with Gasteiger partial charge in [-0.05, 0) is 92.6 Å². The molecule has 8 heterocycles. The highest BCUT2D eigenvalue weighted by Crippen LogP contribution is 2.86. The molecule has 4 amide bonds. The highest BCUT2D eigenvalue weighted by Gasteiger charge is 2.90. The van der Waals surface area contributed by atoms with Crippen LogP contribution < -0.4 is 20.4 Å². The number of phenolic OH excluding ortho intramolecular Hbond substituents is 1. The van der Waals surface area contributed by atoms with Crippen molar-refractivity contribution in [2.45, 2.75) is 50.2 Å². The Labute approximate surface area is 324 Å². The molecular weight excluding hydrogens is 711 g/mol. The summed E-state index contributed by atoms with van der Waals surface area (Å²) in [4.78, 5) is 61.6. The summed E-state index contributed by atoms with van der Waals surface area (Å²) in [6.07, 6.45) is 8.60. The van der Waals surface area contributed by atoms with Crippen molar-refractivity contribution in [1.29, 1.82) is 0 Å². The van der Waals surface area contributed by atoms with E-state index < -0.39 is 23.8 Å². The molecule has 6 atom stereocenters. The summed E-state index contributed by atoms with van der Waals surface area (Å²) in [7, 11) is 0. The number of hydrogen-bond donors (Lipinski definition) is 3. The first-order chi connectivity index (χ1) is 27.3. The number of amides is 4. The van der Waals surface area contributed by atoms with Gasteiger partial charge in [-0.2, -0.15) is 0 Å². The second-order valence-electron chi connectivity index (χ2n) is 17.0. The Morgan fingerprint density at radius 2 is 1.73 bits per heavy atom. The number of aromatic nitrogens is 2. The summed E-state index contributed by atoms with van der Waals surface area (Å²) in [6, 6.07) is 14.8. The summed E-state index contributed by atoms with van der Waals surface area (Å²) >= 11 is 0. The molecule has 3 unspecified atom stereocenters. The quantitative estimate of drug-likeness (QED) is 0.290. The van der Waals surface area contributed by atoms with Crippen molar-refractivity contribution in [3.05, 3.63) is 71.9 Å². The zero-order valence-electron chi connectivity index (χ0n) is 31.1. The van der Waals surface area contributed by atoms with Crippen LogP contribution in [0, 0.1) is 23.2 Å². The number of nitrogens with zero attached hydrogens (tertiary/aromatic N) is 7. The van der Waals surface area contributed by atoms with Gasteiger partial charge in [-0.1, -0.05) is 18.2 Å². The molecule has 5 saturated heterocycles. The predicted molar refractivity (Wildman–Crippen MR) is 207 cm³/mol. The van der Waals surface area contributed by atoms with E-state index in [9.17, 15) is 24.3 Å². The summed E-state index contributed by atoms with van der Waals surface area (Å²) in [5, 5.41) is 25.0. The standard InChI is InChI=1S/C42H45N9O5/c52-34-4-2-1-3-28(34)31-20-33-38(46-45-31)43-21-26-22-47(17-18-50(26)33)16-12-42-30-23-49(37(42)36(30)42)15-11-24-9-13-48(14-10-24)25-5-6-27-29(19-25)41(56)51(40(27)55)32-7-8-35(53)44-39(32)54/h1-6,12,16,19-20,24,26,30,32,36-37,52H,7-11,13-15,17-18,21-23H2,(H,43,46)(H,44,53,54)/b16-12+/t26?,30-,32?,36-,37?,42-/m0/s1. The topological polar surface area (TPSA) is 155 Å². The van der Waals surface area contributed by atoms with Crippen molar-refractivity contribution in [1.82, 2.24) is 30.2 Å². The third-order valence-electron chi connectivity index (χ3n) is 14.2. The molecule has 9 aliphatic rings. The normalized spacial score (nSPS) is 30.6. The van der Waals surface area contributed by atoms with Gasteiger partial charge >= 0.3 is 0 Å². The van der Waals surface area contributed by atoms with Crippen molar-refractivity contribution in [2.75, 3.05) is 67.5 Å². The number of anilines is 3. The minimum atomic E-state index is -0.951. The van der Waals surface area contributed by atoms with Gasteiger partial charge in [0.15, 0.2) is 5.82 Å². The minimum absolute atomic E-state index is 0.109. The van der Waals surface area contributed by atoms with E-state index in [2.05, 4.69) is 58.8 Å². The molecule has 7 aliphatic heterocycles. The van der Waals surface area contributed by atoms with Crippen molar-refractivity contribution >= 4 is 40.8 Å². The van der Waals surface area contributed by atoms with Crippen LogP contribution >= 0.6 is 0 Å². The molecule has 288 valence electrons. The van der Waals surface area contributed by atoms with Gasteiger partial charge in [0.1, 0.15) is 11.8 Å². The third kappa shape index (κ3) is 5.17. The number of imide groups is 2. The van der Waals surface area contributed by atoms with Crippen molar-refractivity contribution in [3.63, 3.8) is 0 Å². The third-order valence-corrected chi connectivity index (χ3v) is 14.2. The molecule has 3 aromatic rings. The van der Waals surface area contributed by atoms with Gasteiger partial charge < -0.3 is 25.1 Å². The first-order valence-electron chi connectivity index (χ1n) is 20.2. The Hall–Kier alpha value is -5.50. The summed E-state index contributed by atoms with van der Waals surface area (Å²) in [5.74, 6) is 1.43. The van der Waals surface area contributed by atoms with Gasteiger partial charge in [0.25, 0.3) is 11.8 Å². The fourth-order valence-corrected chi connectivity index (χ4v) is 11.0. The fourth-order valence-electron chi connectivity index (χ4n) is 11.0. The monoisotopic (exact) mass is 755 g/mol. The van der Waals surface area contributed by atoms with Crippen LogP contribution in [0.3, 0.4) is 0 Å². The smallest absolute Gasteiger partial charge is 0.262 e. The molecule has 14 heteroatoms. The van der Waals surface area contributed by atoms with Gasteiger partial charge in [-0.3, -0.25) is 34.3 Å². The van der Waals surface area contributed by atoms with Crippen LogP contribution in [-0.2, 0) is 9.59 Å². The van der Waals surface area contributed by atoms with Crippen LogP contribution in [0.25, 0.3) is 11.3 Å². The fraction of sp³-hybridized carbons (Fsp3) is 0.476. The molecule has 12 rings (SSSR count). The molecule has 2 saturated carbocycles. The molecule has 0 spiro atoms. The lowest BCUT2D eigenvalue weighted by atomic mass is 9.92. The summed E-state index contributed by atoms with van der Waals surface area (Å²) in [6.45, 7) is 7.84. The van der Waals surface area contributed by atoms with Crippen LogP contribution in [0.15, 0.2) is 60.8 Å². The van der Waals surface area contributed by atoms with Crippen molar-refractivity contribution < 1.29 is 24.3 Å². The Kier molecular flexibility index (Phi) is 7.55. The number of carbonyl (C=O) groups is 4. The van der Waals surface area contributed by atoms with E-state index in [1.165, 1.54) is 13.0 Å². The maximum atomic E-state index is 13.3. The van der Waals surface area contributed by atoms with Crippen molar-refractivity contribution in [3.8, 4) is 17.0 Å². The number of nitrogens with one attached hydrogen (secondary N) is 2. The van der Waals surface area contributed by atoms with Crippen LogP contribution in [0.5, 0.6) is 5.75 Å². The van der Waals surface area contributed by atoms with Crippen molar-refractivity contribution in [2.24, 2.45) is 23.2 Å². The number of fused-ring (bicyclic) bond motifs is 5. The minimum Gasteiger partial charge on any atom is -0.507 e. The zero-order chi connectivity index (χ0) is 37.9. The number of para-hydroxylation sites is 1. The van der Waals surface area contributed by atoms with Crippen LogP contribution in [0.4, 0.5) is 17.2 Å². The van der Waals surface area contributed by atoms with E-state index in [1.807, 2.05) is 30.3 Å². The number of piperazine rings is 1. The van der Waals surface area contributed by atoms with E-state index in [4.69, 9.17) is 0 Å². The van der Waals surface area contributed by atoms with Crippen LogP contribution in [0.2, 0.25) is 0 Å². The average Bonchev–Trinajstić information content (AvgIpc) is 3.88. The predicted octanol–water partition coefficient (Wildman–Crippen LogP) is 2.92. The van der Waals surface area contributed by atoms with Gasteiger partial charge in [0.05, 0.1) is 28.6 Å². The molecule has 56 heavy (non-hydrogen) atoms. The maximum Gasteiger partial charge on any atom is 0.262 e. The molecule has 14 nitrogen and oxygen atoms in total. The van der Waals surface area contributed by atoms with Gasteiger partial charge in [0, 0.05) is 74.9 Å². The first-order valence-corrected chi connectivity index (χ1v) is 20.2. The number of aromatic hydroxyl groups is 1. The van der Waals surface area contributed by atoms with Gasteiger partial charge in [0.2, 0.25) is 11.8 Å². The van der Waals surface area contributed by atoms with Crippen LogP contribution in [-0.4, -0.2) is 124 Å². The van der Waals surface area contributed by atoms with Gasteiger partial charge in [-0.25, -0.2) is 0 Å². The summed E-state index contributed by atoms with van der Waals surface area (Å²) in [5.41, 5.74) is 4.42. The molecule has 3 N–H and O–H groups in total. The van der Waals surface area contributed by atoms with E-state index in [0.717, 1.165) is 92.6 Å². The second-order valence-corrected chi connectivity index (χ2v) is 17.0. The number of carbonyl (C=O) groups excluding carboxylic acids is 4. The van der Waals surface area contributed by atoms with E-state index in [1.54, 1.807) is 12.1 Å². The SMILES string of the molecule is O=C1CCC(N2C(=O)c3ccc(N4CCC(CCN5C[C@H]6[C@H]7C5[C@]76/C=C/N5CCN6c7cc(-c8ccccc8O)nnc7NCC6C5)CC4)cc3C2=O)C(=O)N1. The lowest BCUT2D eigenvalue weighted by Crippen LogP contribution is -2.56. The molecular formula is C42H45N9O5. The zero-order valence-corrected chi connectivity index (χ0v) is 31.1. The van der Waals surface area contributed by atoms with Gasteiger partial charge in [-0.15, -0.1) is 10.2 Å². The van der Waals surface area contributed by atoms with Crippen LogP contribution in [0.1, 0.15) is 52.8 Å². The number of benzene rings is 2. The average molecular weight is 756 g/mol. The summed E-state index contributed by atoms with van der Waals surface area (Å²) < 4.78 is 0. The molecule has 1 aromatic heterocycles. The van der Waals surface area contributed by atoms with E-state index in [0.29, 0.717) is 45.8 Å². The first kappa shape index (κ1) is 33.8. The molecule has 7 fully saturated rings. The number of rotatable bonds is 8. The number of piperidine rings is 3.